The number of carbonyl (C=O) groups is 1. The van der Waals surface area contributed by atoms with Crippen molar-refractivity contribution in [1.82, 2.24) is 20.1 Å². The van der Waals surface area contributed by atoms with Crippen LogP contribution in [0.15, 0.2) is 30.1 Å². The number of nitrogens with one attached hydrogen (secondary N) is 1. The van der Waals surface area contributed by atoms with Gasteiger partial charge in [-0.05, 0) is 31.6 Å². The van der Waals surface area contributed by atoms with Crippen LogP contribution >= 0.6 is 0 Å². The van der Waals surface area contributed by atoms with Crippen LogP contribution < -0.4 is 5.32 Å². The smallest absolute Gasteiger partial charge is 0.262 e. The first kappa shape index (κ1) is 15.4. The highest BCUT2D eigenvalue weighted by molar-refractivity contribution is 6.01. The molecular weight excluding hydrogens is 278 g/mol. The molecule has 2 rings (SSSR count). The van der Waals surface area contributed by atoms with E-state index in [1.165, 1.54) is 0 Å². The fraction of sp³-hybridized carbons (Fsp3) is 0.250. The summed E-state index contributed by atoms with van der Waals surface area (Å²) in [6.07, 6.45) is 4.92. The molecular formula is C16H17N5O. The molecule has 0 radical (unpaired) electrons. The minimum atomic E-state index is -0.408. The first-order chi connectivity index (χ1) is 10.5. The zero-order valence-corrected chi connectivity index (χ0v) is 12.8. The van der Waals surface area contributed by atoms with E-state index in [1.54, 1.807) is 29.2 Å². The van der Waals surface area contributed by atoms with E-state index in [1.807, 2.05) is 33.0 Å². The number of rotatable bonds is 4. The molecule has 0 saturated carbocycles. The number of aromatic nitrogens is 3. The molecule has 0 aliphatic rings. The number of nitrogens with zero attached hydrogens (tertiary/aromatic N) is 4. The van der Waals surface area contributed by atoms with Crippen molar-refractivity contribution in [2.75, 3.05) is 0 Å². The second kappa shape index (κ2) is 6.68. The number of pyridine rings is 1. The van der Waals surface area contributed by atoms with Gasteiger partial charge < -0.3 is 5.32 Å². The van der Waals surface area contributed by atoms with Gasteiger partial charge in [-0.2, -0.15) is 10.4 Å². The van der Waals surface area contributed by atoms with Crippen LogP contribution in [0.25, 0.3) is 6.08 Å². The highest BCUT2D eigenvalue weighted by atomic mass is 16.1. The van der Waals surface area contributed by atoms with Crippen LogP contribution in [0, 0.1) is 25.2 Å². The van der Waals surface area contributed by atoms with Gasteiger partial charge in [0.2, 0.25) is 0 Å². The molecule has 0 aromatic carbocycles. The second-order valence-corrected chi connectivity index (χ2v) is 4.92. The first-order valence-electron chi connectivity index (χ1n) is 6.82. The van der Waals surface area contributed by atoms with Crippen molar-refractivity contribution in [1.29, 1.82) is 5.26 Å². The zero-order chi connectivity index (χ0) is 16.1. The molecule has 0 saturated heterocycles. The normalized spacial score (nSPS) is 11.1. The lowest BCUT2D eigenvalue weighted by molar-refractivity contribution is -0.117. The summed E-state index contributed by atoms with van der Waals surface area (Å²) in [6.45, 7) is 4.08. The average molecular weight is 295 g/mol. The minimum absolute atomic E-state index is 0.0584. The fourth-order valence-electron chi connectivity index (χ4n) is 2.07. The van der Waals surface area contributed by atoms with Crippen LogP contribution in [0.4, 0.5) is 0 Å². The molecule has 6 nitrogen and oxygen atoms in total. The Labute approximate surface area is 129 Å². The van der Waals surface area contributed by atoms with E-state index in [0.717, 1.165) is 22.5 Å². The SMILES string of the molecule is Cc1nn(C)c(C)c1C=C(C#N)C(=O)NCc1cccnc1. The molecule has 0 unspecified atom stereocenters. The van der Waals surface area contributed by atoms with Crippen LogP contribution in [0.3, 0.4) is 0 Å². The summed E-state index contributed by atoms with van der Waals surface area (Å²) in [4.78, 5) is 16.1. The average Bonchev–Trinajstić information content (AvgIpc) is 2.76. The van der Waals surface area contributed by atoms with E-state index >= 15 is 0 Å². The Morgan fingerprint density at radius 1 is 1.50 bits per heavy atom. The van der Waals surface area contributed by atoms with Crippen molar-refractivity contribution in [3.63, 3.8) is 0 Å². The van der Waals surface area contributed by atoms with Gasteiger partial charge in [-0.25, -0.2) is 0 Å². The maximum absolute atomic E-state index is 12.1. The summed E-state index contributed by atoms with van der Waals surface area (Å²) >= 11 is 0. The number of amides is 1. The van der Waals surface area contributed by atoms with E-state index < -0.39 is 5.91 Å². The van der Waals surface area contributed by atoms with Crippen molar-refractivity contribution in [3.8, 4) is 6.07 Å². The molecule has 112 valence electrons. The maximum Gasteiger partial charge on any atom is 0.262 e. The van der Waals surface area contributed by atoms with Crippen LogP contribution in [0.5, 0.6) is 0 Å². The van der Waals surface area contributed by atoms with E-state index in [2.05, 4.69) is 15.4 Å². The van der Waals surface area contributed by atoms with Gasteiger partial charge in [-0.15, -0.1) is 0 Å². The zero-order valence-electron chi connectivity index (χ0n) is 12.8. The Kier molecular flexibility index (Phi) is 4.69. The first-order valence-corrected chi connectivity index (χ1v) is 6.82. The Balaban J connectivity index is 2.16. The topological polar surface area (TPSA) is 83.6 Å². The van der Waals surface area contributed by atoms with Gasteiger partial charge in [0, 0.05) is 37.2 Å². The molecule has 0 aliphatic heterocycles. The Morgan fingerprint density at radius 2 is 2.27 bits per heavy atom. The lowest BCUT2D eigenvalue weighted by Crippen LogP contribution is -2.24. The minimum Gasteiger partial charge on any atom is -0.347 e. The third kappa shape index (κ3) is 3.38. The second-order valence-electron chi connectivity index (χ2n) is 4.92. The van der Waals surface area contributed by atoms with Crippen LogP contribution in [0.1, 0.15) is 22.5 Å². The molecule has 2 heterocycles. The third-order valence-corrected chi connectivity index (χ3v) is 3.39. The molecule has 6 heteroatoms. The van der Waals surface area contributed by atoms with Crippen LogP contribution in [0.2, 0.25) is 0 Å². The number of aryl methyl sites for hydroxylation is 2. The Hall–Kier alpha value is -2.94. The van der Waals surface area contributed by atoms with E-state index in [4.69, 9.17) is 0 Å². The lowest BCUT2D eigenvalue weighted by Gasteiger charge is -2.04. The summed E-state index contributed by atoms with van der Waals surface area (Å²) in [6, 6.07) is 5.60. The van der Waals surface area contributed by atoms with Crippen LogP contribution in [-0.2, 0) is 18.4 Å². The predicted molar refractivity (Wildman–Crippen MR) is 82.4 cm³/mol. The predicted octanol–water partition coefficient (Wildman–Crippen LogP) is 1.66. The van der Waals surface area contributed by atoms with Gasteiger partial charge in [0.15, 0.2) is 0 Å². The summed E-state index contributed by atoms with van der Waals surface area (Å²) in [5.41, 5.74) is 3.43. The monoisotopic (exact) mass is 295 g/mol. The molecule has 1 N–H and O–H groups in total. The maximum atomic E-state index is 12.1. The van der Waals surface area contributed by atoms with Gasteiger partial charge in [0.1, 0.15) is 11.6 Å². The summed E-state index contributed by atoms with van der Waals surface area (Å²) in [5.74, 6) is -0.408. The van der Waals surface area contributed by atoms with Gasteiger partial charge >= 0.3 is 0 Å². The van der Waals surface area contributed by atoms with E-state index in [-0.39, 0.29) is 5.57 Å². The van der Waals surface area contributed by atoms with Crippen molar-refractivity contribution in [3.05, 3.63) is 52.6 Å². The van der Waals surface area contributed by atoms with Crippen molar-refractivity contribution in [2.24, 2.45) is 7.05 Å². The largest absolute Gasteiger partial charge is 0.347 e. The highest BCUT2D eigenvalue weighted by Crippen LogP contribution is 2.16. The fourth-order valence-corrected chi connectivity index (χ4v) is 2.07. The number of hydrogen-bond acceptors (Lipinski definition) is 4. The van der Waals surface area contributed by atoms with E-state index in [9.17, 15) is 10.1 Å². The van der Waals surface area contributed by atoms with Gasteiger partial charge in [0.05, 0.1) is 5.69 Å². The molecule has 0 atom stereocenters. The Morgan fingerprint density at radius 3 is 2.82 bits per heavy atom. The third-order valence-electron chi connectivity index (χ3n) is 3.39. The molecule has 0 aliphatic carbocycles. The van der Waals surface area contributed by atoms with Crippen molar-refractivity contribution in [2.45, 2.75) is 20.4 Å². The molecule has 22 heavy (non-hydrogen) atoms. The Bertz CT molecular complexity index is 753. The van der Waals surface area contributed by atoms with Crippen molar-refractivity contribution < 1.29 is 4.79 Å². The summed E-state index contributed by atoms with van der Waals surface area (Å²) < 4.78 is 1.73. The summed E-state index contributed by atoms with van der Waals surface area (Å²) in [5, 5.41) is 16.2. The van der Waals surface area contributed by atoms with E-state index in [0.29, 0.717) is 6.54 Å². The van der Waals surface area contributed by atoms with Crippen LogP contribution in [-0.4, -0.2) is 20.7 Å². The standard InChI is InChI=1S/C16H17N5O/c1-11-15(12(2)21(3)20-11)7-14(8-17)16(22)19-10-13-5-4-6-18-9-13/h4-7,9H,10H2,1-3H3,(H,19,22). The molecule has 0 fully saturated rings. The molecule has 0 spiro atoms. The molecule has 0 bridgehead atoms. The molecule has 2 aromatic heterocycles. The quantitative estimate of drug-likeness (QED) is 0.686. The molecule has 2 aromatic rings. The number of nitriles is 1. The number of carbonyl (C=O) groups excluding carboxylic acids is 1. The van der Waals surface area contributed by atoms with Gasteiger partial charge in [-0.1, -0.05) is 6.07 Å². The highest BCUT2D eigenvalue weighted by Gasteiger charge is 2.13. The summed E-state index contributed by atoms with van der Waals surface area (Å²) in [7, 11) is 1.83. The van der Waals surface area contributed by atoms with Gasteiger partial charge in [-0.3, -0.25) is 14.5 Å². The number of hydrogen-bond donors (Lipinski definition) is 1. The molecule has 1 amide bonds. The van der Waals surface area contributed by atoms with Crippen molar-refractivity contribution >= 4 is 12.0 Å². The lowest BCUT2D eigenvalue weighted by atomic mass is 10.1. The van der Waals surface area contributed by atoms with Gasteiger partial charge in [0.25, 0.3) is 5.91 Å².